The first-order chi connectivity index (χ1) is 2.77. The van der Waals surface area contributed by atoms with Gasteiger partial charge in [-0.2, -0.15) is 0 Å². The van der Waals surface area contributed by atoms with Gasteiger partial charge < -0.3 is 9.66 Å². The molecule has 0 aliphatic heterocycles. The second kappa shape index (κ2) is 10.7. The second-order valence-corrected chi connectivity index (χ2v) is 1.24. The smallest absolute Gasteiger partial charge is 0.870 e. The normalized spacial score (nSPS) is 5.75. The summed E-state index contributed by atoms with van der Waals surface area (Å²) < 4.78 is 4.32. The third kappa shape index (κ3) is 15.9. The Balaban J connectivity index is -0.000000125. The van der Waals surface area contributed by atoms with Gasteiger partial charge in [-0.3, -0.25) is 4.79 Å². The maximum absolute atomic E-state index is 9.80. The topological polar surface area (TPSA) is 56.3 Å². The Kier molecular flexibility index (Phi) is 21.3. The van der Waals surface area contributed by atoms with E-state index in [0.717, 1.165) is 12.0 Å². The van der Waals surface area contributed by atoms with Crippen LogP contribution in [0.25, 0.3) is 0 Å². The molecule has 0 aliphatic carbocycles. The van der Waals surface area contributed by atoms with Crippen molar-refractivity contribution in [2.75, 3.05) is 6.26 Å². The molecule has 0 aromatic heterocycles. The van der Waals surface area contributed by atoms with E-state index in [-0.39, 0.29) is 41.0 Å². The molecule has 8 heavy (non-hydrogen) atoms. The van der Waals surface area contributed by atoms with Crippen molar-refractivity contribution in [1.82, 2.24) is 0 Å². The Morgan fingerprint density at radius 2 is 2.00 bits per heavy atom. The van der Waals surface area contributed by atoms with Gasteiger partial charge in [-0.05, 0) is 0 Å². The minimum Gasteiger partial charge on any atom is -0.870 e. The van der Waals surface area contributed by atoms with E-state index in [0.29, 0.717) is 0 Å². The van der Waals surface area contributed by atoms with E-state index in [1.54, 1.807) is 6.26 Å². The van der Waals surface area contributed by atoms with Gasteiger partial charge in [0, 0.05) is 13.2 Å². The van der Waals surface area contributed by atoms with E-state index < -0.39 is 0 Å². The van der Waals surface area contributed by atoms with Crippen molar-refractivity contribution in [1.29, 1.82) is 0 Å². The molecule has 5 heteroatoms. The molecule has 0 bridgehead atoms. The molecule has 0 saturated carbocycles. The van der Waals surface area contributed by atoms with Crippen LogP contribution < -0.4 is 29.6 Å². The van der Waals surface area contributed by atoms with Gasteiger partial charge in [-0.1, -0.05) is 0 Å². The quantitative estimate of drug-likeness (QED) is 0.307. The summed E-state index contributed by atoms with van der Waals surface area (Å²) in [5.41, 5.74) is 0. The summed E-state index contributed by atoms with van der Waals surface area (Å²) in [5.74, 6) is -0.248. The first-order valence-corrected chi connectivity index (χ1v) is 2.63. The van der Waals surface area contributed by atoms with E-state index in [9.17, 15) is 4.79 Å². The van der Waals surface area contributed by atoms with Crippen LogP contribution in [0.1, 0.15) is 6.92 Å². The fourth-order valence-corrected chi connectivity index (χ4v) is 0.352. The molecule has 1 N–H and O–H groups in total. The van der Waals surface area contributed by atoms with E-state index >= 15 is 0 Å². The molecule has 3 nitrogen and oxygen atoms in total. The molecule has 0 unspecified atom stereocenters. The molecule has 0 aromatic rings. The van der Waals surface area contributed by atoms with Crippen LogP contribution >= 0.6 is 12.0 Å². The van der Waals surface area contributed by atoms with E-state index in [2.05, 4.69) is 4.18 Å². The largest absolute Gasteiger partial charge is 1.00 e. The van der Waals surface area contributed by atoms with Crippen molar-refractivity contribution >= 4 is 18.0 Å². The van der Waals surface area contributed by atoms with Gasteiger partial charge in [0.25, 0.3) is 0 Å². The predicted molar refractivity (Wildman–Crippen MR) is 27.2 cm³/mol. The molecule has 0 heterocycles. The first-order valence-electron chi connectivity index (χ1n) is 1.48. The minimum atomic E-state index is -0.248. The molecule has 0 saturated heterocycles. The molecule has 0 aromatic carbocycles. The van der Waals surface area contributed by atoms with Crippen LogP contribution in [0, 0.1) is 0 Å². The Morgan fingerprint density at radius 1 is 1.62 bits per heavy atom. The summed E-state index contributed by atoms with van der Waals surface area (Å²) in [5, 5.41) is 0. The van der Waals surface area contributed by atoms with Crippen molar-refractivity contribution in [3.05, 3.63) is 0 Å². The van der Waals surface area contributed by atoms with Gasteiger partial charge in [-0.15, -0.1) is 0 Å². The molecule has 0 amide bonds. The fourth-order valence-electron chi connectivity index (χ4n) is 0.117. The third-order valence-corrected chi connectivity index (χ3v) is 0.602. The van der Waals surface area contributed by atoms with Crippen LogP contribution in [0.5, 0.6) is 0 Å². The number of hydrogen-bond donors (Lipinski definition) is 0. The monoisotopic (exact) mass is 146 g/mol. The minimum absolute atomic E-state index is 0. The van der Waals surface area contributed by atoms with Crippen molar-refractivity contribution in [2.24, 2.45) is 0 Å². The van der Waals surface area contributed by atoms with Crippen LogP contribution in [-0.4, -0.2) is 17.7 Å². The summed E-state index contributed by atoms with van der Waals surface area (Å²) in [6.07, 6.45) is 1.70. The fraction of sp³-hybridized carbons (Fsp3) is 0.667. The van der Waals surface area contributed by atoms with Crippen LogP contribution in [0.15, 0.2) is 0 Å². The summed E-state index contributed by atoms with van der Waals surface area (Å²) in [4.78, 5) is 9.80. The van der Waals surface area contributed by atoms with Gasteiger partial charge in [0.15, 0.2) is 0 Å². The number of carbonyl (C=O) groups excluding carboxylic acids is 1. The Hall–Kier alpha value is 0.780. The Bertz CT molecular complexity index is 58.5. The molecule has 0 radical (unpaired) electrons. The average molecular weight is 146 g/mol. The summed E-state index contributed by atoms with van der Waals surface area (Å²) in [7, 11) is 0. The van der Waals surface area contributed by atoms with E-state index in [1.807, 2.05) is 0 Å². The van der Waals surface area contributed by atoms with Crippen molar-refractivity contribution in [2.45, 2.75) is 6.92 Å². The zero-order valence-corrected chi connectivity index (χ0v) is 7.99. The van der Waals surface area contributed by atoms with Gasteiger partial charge in [0.1, 0.15) is 0 Å². The maximum Gasteiger partial charge on any atom is 1.00 e. The predicted octanol–water partition coefficient (Wildman–Crippen LogP) is -2.35. The molecular formula is C3H7NaO3S. The summed E-state index contributed by atoms with van der Waals surface area (Å²) in [6.45, 7) is 1.37. The number of hydrogen-bond acceptors (Lipinski definition) is 4. The van der Waals surface area contributed by atoms with Gasteiger partial charge >= 0.3 is 35.5 Å². The standard InChI is InChI=1S/C3H6O2S.Na.H2O/c1-3(4)5-6-2;;/h1-2H3;;1H2/q;+1;/p-1. The van der Waals surface area contributed by atoms with Crippen molar-refractivity contribution in [3.63, 3.8) is 0 Å². The summed E-state index contributed by atoms with van der Waals surface area (Å²) in [6, 6.07) is 0. The van der Waals surface area contributed by atoms with Gasteiger partial charge in [-0.25, -0.2) is 0 Å². The maximum atomic E-state index is 9.80. The SMILES string of the molecule is CSOC(C)=O.[Na+].[OH-]. The van der Waals surface area contributed by atoms with Crippen molar-refractivity contribution < 1.29 is 44.0 Å². The summed E-state index contributed by atoms with van der Waals surface area (Å²) >= 11 is 1.06. The average Bonchev–Trinajstić information content (AvgIpc) is 1.35. The molecule has 0 rings (SSSR count). The van der Waals surface area contributed by atoms with Crippen LogP contribution in [0.4, 0.5) is 0 Å². The van der Waals surface area contributed by atoms with Gasteiger partial charge in [0.2, 0.25) is 0 Å². The number of carbonyl (C=O) groups is 1. The molecule has 44 valence electrons. The number of rotatable bonds is 1. The molecule has 0 fully saturated rings. The first kappa shape index (κ1) is 15.9. The Morgan fingerprint density at radius 3 is 2.00 bits per heavy atom. The van der Waals surface area contributed by atoms with Crippen LogP contribution in [-0.2, 0) is 8.98 Å². The molecule has 0 aliphatic rings. The second-order valence-electron chi connectivity index (χ2n) is 0.742. The van der Waals surface area contributed by atoms with E-state index in [1.165, 1.54) is 6.92 Å². The van der Waals surface area contributed by atoms with Gasteiger partial charge in [0.05, 0.1) is 12.0 Å². The van der Waals surface area contributed by atoms with E-state index in [4.69, 9.17) is 0 Å². The third-order valence-electron chi connectivity index (χ3n) is 0.201. The Labute approximate surface area is 75.0 Å². The molecule has 0 atom stereocenters. The molecular weight excluding hydrogens is 139 g/mol. The van der Waals surface area contributed by atoms with Crippen LogP contribution in [0.2, 0.25) is 0 Å². The molecule has 0 spiro atoms. The van der Waals surface area contributed by atoms with Crippen molar-refractivity contribution in [3.8, 4) is 0 Å². The zero-order valence-electron chi connectivity index (χ0n) is 5.17. The zero-order chi connectivity index (χ0) is 4.99. The van der Waals surface area contributed by atoms with Crippen LogP contribution in [0.3, 0.4) is 0 Å².